The molecule has 1 saturated heterocycles. The van der Waals surface area contributed by atoms with Crippen LogP contribution in [0.5, 0.6) is 0 Å². The molecule has 1 aliphatic heterocycles. The van der Waals surface area contributed by atoms with Gasteiger partial charge in [0.1, 0.15) is 0 Å². The first kappa shape index (κ1) is 17.5. The normalized spacial score (nSPS) is 24.9. The van der Waals surface area contributed by atoms with E-state index in [0.29, 0.717) is 12.0 Å². The second-order valence-electron chi connectivity index (χ2n) is 5.61. The van der Waals surface area contributed by atoms with Crippen LogP contribution < -0.4 is 5.73 Å². The molecule has 4 nitrogen and oxygen atoms in total. The molecule has 6 heteroatoms. The fraction of sp³-hybridized carbons (Fsp3) is 0.714. The zero-order valence-electron chi connectivity index (χ0n) is 11.9. The third kappa shape index (κ3) is 3.35. The molecule has 0 amide bonds. The summed E-state index contributed by atoms with van der Waals surface area (Å²) in [6.07, 6.45) is 8.06. The molecule has 0 bridgehead atoms. The van der Waals surface area contributed by atoms with Gasteiger partial charge in [-0.05, 0) is 56.7 Å². The van der Waals surface area contributed by atoms with E-state index in [1.54, 1.807) is 0 Å². The lowest BCUT2D eigenvalue weighted by atomic mass is 9.77. The Labute approximate surface area is 133 Å². The summed E-state index contributed by atoms with van der Waals surface area (Å²) in [6.45, 7) is 4.76. The molecule has 2 N–H and O–H groups in total. The minimum Gasteiger partial charge on any atom is -0.368 e. The van der Waals surface area contributed by atoms with Gasteiger partial charge in [0.05, 0.1) is 0 Å². The van der Waals surface area contributed by atoms with Crippen molar-refractivity contribution in [3.63, 3.8) is 0 Å². The predicted octanol–water partition coefficient (Wildman–Crippen LogP) is 2.49. The standard InChI is InChI=1S/C14H22N4.2ClH/c1-2-5-18-6-3-4-10-7-12-11(8-13(10)18)9-16-14(15)17-12;;/h9-10,13H,2-8H2,1H3,(H2,15,16,17);2*1H/t10-,13-;;/m1../s1. The molecule has 20 heavy (non-hydrogen) atoms. The average molecular weight is 319 g/mol. The van der Waals surface area contributed by atoms with Gasteiger partial charge in [0.15, 0.2) is 0 Å². The molecular weight excluding hydrogens is 295 g/mol. The van der Waals surface area contributed by atoms with Crippen LogP contribution in [-0.4, -0.2) is 34.0 Å². The summed E-state index contributed by atoms with van der Waals surface area (Å²) >= 11 is 0. The topological polar surface area (TPSA) is 55.0 Å². The number of hydrogen-bond acceptors (Lipinski definition) is 4. The third-order valence-corrected chi connectivity index (χ3v) is 4.40. The van der Waals surface area contributed by atoms with E-state index >= 15 is 0 Å². The van der Waals surface area contributed by atoms with Gasteiger partial charge in [0.2, 0.25) is 5.95 Å². The van der Waals surface area contributed by atoms with Crippen molar-refractivity contribution < 1.29 is 0 Å². The lowest BCUT2D eigenvalue weighted by Crippen LogP contribution is -2.49. The van der Waals surface area contributed by atoms with Gasteiger partial charge in [0.25, 0.3) is 0 Å². The van der Waals surface area contributed by atoms with E-state index < -0.39 is 0 Å². The molecule has 0 radical (unpaired) electrons. The van der Waals surface area contributed by atoms with E-state index in [1.807, 2.05) is 6.20 Å². The van der Waals surface area contributed by atoms with E-state index in [1.165, 1.54) is 43.6 Å². The van der Waals surface area contributed by atoms with Crippen LogP contribution in [0.25, 0.3) is 0 Å². The van der Waals surface area contributed by atoms with Crippen molar-refractivity contribution in [3.8, 4) is 0 Å². The molecule has 1 aromatic rings. The summed E-state index contributed by atoms with van der Waals surface area (Å²) in [7, 11) is 0. The van der Waals surface area contributed by atoms with Crippen LogP contribution >= 0.6 is 24.8 Å². The van der Waals surface area contributed by atoms with Gasteiger partial charge in [0, 0.05) is 17.9 Å². The molecule has 2 atom stereocenters. The van der Waals surface area contributed by atoms with Gasteiger partial charge in [-0.25, -0.2) is 9.97 Å². The van der Waals surface area contributed by atoms with E-state index in [-0.39, 0.29) is 24.8 Å². The Morgan fingerprint density at radius 2 is 2.15 bits per heavy atom. The predicted molar refractivity (Wildman–Crippen MR) is 86.7 cm³/mol. The van der Waals surface area contributed by atoms with E-state index in [2.05, 4.69) is 21.8 Å². The van der Waals surface area contributed by atoms with Crippen molar-refractivity contribution in [1.29, 1.82) is 0 Å². The van der Waals surface area contributed by atoms with Gasteiger partial charge in [-0.1, -0.05) is 6.92 Å². The van der Waals surface area contributed by atoms with Crippen LogP contribution in [0.2, 0.25) is 0 Å². The SMILES string of the molecule is CCCN1CCC[C@@H]2Cc3nc(N)ncc3C[C@H]21.Cl.Cl. The Morgan fingerprint density at radius 1 is 1.35 bits per heavy atom. The molecule has 0 aromatic carbocycles. The molecule has 2 heterocycles. The average Bonchev–Trinajstić information content (AvgIpc) is 2.37. The molecule has 3 rings (SSSR count). The molecule has 1 aliphatic carbocycles. The first-order chi connectivity index (χ1) is 8.78. The van der Waals surface area contributed by atoms with Gasteiger partial charge in [-0.2, -0.15) is 0 Å². The van der Waals surface area contributed by atoms with Crippen LogP contribution in [0.4, 0.5) is 5.95 Å². The Bertz CT molecular complexity index is 439. The van der Waals surface area contributed by atoms with Crippen LogP contribution in [0, 0.1) is 5.92 Å². The fourth-order valence-corrected chi connectivity index (χ4v) is 3.59. The zero-order chi connectivity index (χ0) is 12.5. The molecular formula is C14H24Cl2N4. The molecule has 1 aromatic heterocycles. The Morgan fingerprint density at radius 3 is 2.90 bits per heavy atom. The summed E-state index contributed by atoms with van der Waals surface area (Å²) in [5.74, 6) is 1.19. The summed E-state index contributed by atoms with van der Waals surface area (Å²) in [4.78, 5) is 11.2. The number of aromatic nitrogens is 2. The summed E-state index contributed by atoms with van der Waals surface area (Å²) in [5.41, 5.74) is 8.20. The molecule has 2 aliphatic rings. The summed E-state index contributed by atoms with van der Waals surface area (Å²) in [6, 6.07) is 0.707. The van der Waals surface area contributed by atoms with E-state index in [9.17, 15) is 0 Å². The first-order valence-corrected chi connectivity index (χ1v) is 7.12. The number of anilines is 1. The maximum absolute atomic E-state index is 5.69. The molecule has 0 unspecified atom stereocenters. The Kier molecular flexibility index (Phi) is 6.49. The zero-order valence-corrected chi connectivity index (χ0v) is 13.6. The molecule has 0 spiro atoms. The first-order valence-electron chi connectivity index (χ1n) is 7.12. The minimum atomic E-state index is 0. The smallest absolute Gasteiger partial charge is 0.220 e. The number of fused-ring (bicyclic) bond motifs is 2. The monoisotopic (exact) mass is 318 g/mol. The third-order valence-electron chi connectivity index (χ3n) is 4.40. The van der Waals surface area contributed by atoms with Crippen molar-refractivity contribution in [3.05, 3.63) is 17.5 Å². The van der Waals surface area contributed by atoms with Gasteiger partial charge in [-0.3, -0.25) is 4.90 Å². The van der Waals surface area contributed by atoms with Crippen molar-refractivity contribution in [1.82, 2.24) is 14.9 Å². The molecule has 1 fully saturated rings. The largest absolute Gasteiger partial charge is 0.368 e. The van der Waals surface area contributed by atoms with Crippen molar-refractivity contribution in [2.45, 2.75) is 45.1 Å². The maximum atomic E-state index is 5.69. The highest BCUT2D eigenvalue weighted by molar-refractivity contribution is 5.85. The second kappa shape index (κ2) is 7.43. The highest BCUT2D eigenvalue weighted by Gasteiger charge is 2.35. The van der Waals surface area contributed by atoms with Crippen molar-refractivity contribution in [2.24, 2.45) is 5.92 Å². The number of likely N-dealkylation sites (tertiary alicyclic amines) is 1. The quantitative estimate of drug-likeness (QED) is 0.910. The fourth-order valence-electron chi connectivity index (χ4n) is 3.59. The van der Waals surface area contributed by atoms with E-state index in [4.69, 9.17) is 5.73 Å². The van der Waals surface area contributed by atoms with Gasteiger partial charge >= 0.3 is 0 Å². The summed E-state index contributed by atoms with van der Waals surface area (Å²) in [5, 5.41) is 0. The second-order valence-corrected chi connectivity index (χ2v) is 5.61. The van der Waals surface area contributed by atoms with Crippen LogP contribution in [0.3, 0.4) is 0 Å². The molecule has 114 valence electrons. The van der Waals surface area contributed by atoms with Crippen molar-refractivity contribution in [2.75, 3.05) is 18.8 Å². The number of nitrogen functional groups attached to an aromatic ring is 1. The number of rotatable bonds is 2. The number of halogens is 2. The lowest BCUT2D eigenvalue weighted by Gasteiger charge is -2.44. The van der Waals surface area contributed by atoms with Gasteiger partial charge in [-0.15, -0.1) is 24.8 Å². The minimum absolute atomic E-state index is 0. The molecule has 0 saturated carbocycles. The Balaban J connectivity index is 0.000001000. The maximum Gasteiger partial charge on any atom is 0.220 e. The summed E-state index contributed by atoms with van der Waals surface area (Å²) < 4.78 is 0. The lowest BCUT2D eigenvalue weighted by molar-refractivity contribution is 0.0845. The van der Waals surface area contributed by atoms with E-state index in [0.717, 1.165) is 18.8 Å². The highest BCUT2D eigenvalue weighted by atomic mass is 35.5. The number of piperidine rings is 1. The number of hydrogen-bond donors (Lipinski definition) is 1. The van der Waals surface area contributed by atoms with Crippen LogP contribution in [0.15, 0.2) is 6.20 Å². The highest BCUT2D eigenvalue weighted by Crippen LogP contribution is 2.34. The van der Waals surface area contributed by atoms with Gasteiger partial charge < -0.3 is 5.73 Å². The van der Waals surface area contributed by atoms with Crippen LogP contribution in [0.1, 0.15) is 37.4 Å². The Hall–Kier alpha value is -0.580. The van der Waals surface area contributed by atoms with Crippen LogP contribution in [-0.2, 0) is 12.8 Å². The number of nitrogens with zero attached hydrogens (tertiary/aromatic N) is 3. The van der Waals surface area contributed by atoms with Crippen molar-refractivity contribution >= 4 is 30.8 Å². The number of nitrogens with two attached hydrogens (primary N) is 1.